The number of unbranched alkanes of at least 4 members (excludes halogenated alkanes) is 1. The summed E-state index contributed by atoms with van der Waals surface area (Å²) < 4.78 is -1.39. The van der Waals surface area contributed by atoms with Gasteiger partial charge < -0.3 is 10.6 Å². The molecule has 2 bridgehead atoms. The molecule has 0 radical (unpaired) electrons. The molecule has 7 nitrogen and oxygen atoms in total. The van der Waals surface area contributed by atoms with Crippen LogP contribution in [0.15, 0.2) is 60.7 Å². The molecule has 1 heterocycles. The number of alkyl halides is 1. The Morgan fingerprint density at radius 3 is 2.03 bits per heavy atom. The number of allylic oxidation sites excluding steroid dienone is 2. The van der Waals surface area contributed by atoms with Gasteiger partial charge >= 0.3 is 0 Å². The first kappa shape index (κ1) is 27.5. The fourth-order valence-corrected chi connectivity index (χ4v) is 8.41. The zero-order chi connectivity index (χ0) is 28.3. The van der Waals surface area contributed by atoms with Gasteiger partial charge in [0, 0.05) is 20.6 Å². The normalized spacial score (nSPS) is 30.3. The quantitative estimate of drug-likeness (QED) is 0.285. The smallest absolute Gasteiger partial charge is 0.248 e. The van der Waals surface area contributed by atoms with Crippen molar-refractivity contribution in [3.63, 3.8) is 0 Å². The number of benzene rings is 2. The van der Waals surface area contributed by atoms with Crippen molar-refractivity contribution in [2.75, 3.05) is 20.6 Å². The molecule has 2 aromatic carbocycles. The lowest BCUT2D eigenvalue weighted by atomic mass is 9.63. The number of hydrogen-bond donors (Lipinski definition) is 1. The molecule has 4 unspecified atom stereocenters. The Hall–Kier alpha value is -3.10. The fourth-order valence-electron chi connectivity index (χ4n) is 7.16. The van der Waals surface area contributed by atoms with E-state index in [0.717, 1.165) is 22.3 Å². The number of amides is 3. The van der Waals surface area contributed by atoms with Crippen molar-refractivity contribution in [3.8, 4) is 0 Å². The number of hydrogen-bond acceptors (Lipinski definition) is 5. The maximum atomic E-state index is 14.4. The van der Waals surface area contributed by atoms with Crippen LogP contribution in [0.2, 0.25) is 0 Å². The minimum absolute atomic E-state index is 0.107. The summed E-state index contributed by atoms with van der Waals surface area (Å²) in [6.07, 6.45) is 1.57. The minimum atomic E-state index is -1.39. The number of ketones is 1. The van der Waals surface area contributed by atoms with Crippen LogP contribution in [0.5, 0.6) is 0 Å². The predicted molar refractivity (Wildman–Crippen MR) is 153 cm³/mol. The van der Waals surface area contributed by atoms with Crippen LogP contribution in [-0.4, -0.2) is 64.3 Å². The summed E-state index contributed by atoms with van der Waals surface area (Å²) in [6, 6.07) is 18.8. The summed E-state index contributed by atoms with van der Waals surface area (Å²) in [4.78, 5) is 57.5. The van der Waals surface area contributed by atoms with Crippen LogP contribution in [0.25, 0.3) is 11.1 Å². The van der Waals surface area contributed by atoms with E-state index in [0.29, 0.717) is 19.3 Å². The Bertz CT molecular complexity index is 1390. The predicted octanol–water partition coefficient (Wildman–Crippen LogP) is 3.91. The number of carbonyl (C=O) groups is 4. The van der Waals surface area contributed by atoms with Crippen LogP contribution in [0, 0.1) is 16.7 Å². The van der Waals surface area contributed by atoms with E-state index in [-0.39, 0.29) is 30.0 Å². The molecule has 3 amide bonds. The number of fused-ring (bicyclic) bond motifs is 5. The lowest BCUT2D eigenvalue weighted by Gasteiger charge is -2.41. The highest BCUT2D eigenvalue weighted by molar-refractivity contribution is 9.10. The molecular formula is C31H34BrN3O4. The summed E-state index contributed by atoms with van der Waals surface area (Å²) in [7, 11) is 3.33. The first-order chi connectivity index (χ1) is 18.4. The molecule has 2 fully saturated rings. The monoisotopic (exact) mass is 591 g/mol. The van der Waals surface area contributed by atoms with Crippen molar-refractivity contribution < 1.29 is 19.2 Å². The average molecular weight is 593 g/mol. The maximum absolute atomic E-state index is 14.4. The lowest BCUT2D eigenvalue weighted by Crippen LogP contribution is -2.50. The molecule has 2 aliphatic carbocycles. The van der Waals surface area contributed by atoms with Gasteiger partial charge in [-0.3, -0.25) is 24.1 Å². The van der Waals surface area contributed by atoms with E-state index in [9.17, 15) is 19.2 Å². The van der Waals surface area contributed by atoms with E-state index in [4.69, 9.17) is 5.73 Å². The molecule has 1 aliphatic heterocycles. The third kappa shape index (κ3) is 3.57. The molecule has 3 aliphatic rings. The first-order valence-electron chi connectivity index (χ1n) is 13.4. The molecule has 204 valence electrons. The van der Waals surface area contributed by atoms with E-state index in [1.54, 1.807) is 14.1 Å². The molecule has 1 saturated heterocycles. The standard InChI is InChI=1S/C31H34BrN3O4/c1-29-22(19-13-7-5-8-14-19)23(20-15-9-6-10-16-20)30(2,27(29)38)31(32)24(29)26(37)35(28(31)39)18-12-11-17-21(33)25(36)34(3)4/h5-10,13-16,21,24H,11-12,17-18,33H2,1-4H3/t21-,24?,29?,30?,31?/m0/s1. The molecular weight excluding hydrogens is 558 g/mol. The maximum Gasteiger partial charge on any atom is 0.248 e. The number of likely N-dealkylation sites (tertiary alicyclic amines) is 1. The van der Waals surface area contributed by atoms with Crippen molar-refractivity contribution in [1.82, 2.24) is 9.80 Å². The van der Waals surface area contributed by atoms with Gasteiger partial charge in [0.2, 0.25) is 17.7 Å². The van der Waals surface area contributed by atoms with Gasteiger partial charge in [0.1, 0.15) is 4.32 Å². The highest BCUT2D eigenvalue weighted by atomic mass is 79.9. The van der Waals surface area contributed by atoms with Gasteiger partial charge in [-0.1, -0.05) is 76.6 Å². The van der Waals surface area contributed by atoms with Gasteiger partial charge in [0.25, 0.3) is 0 Å². The zero-order valence-electron chi connectivity index (χ0n) is 22.7. The molecule has 39 heavy (non-hydrogen) atoms. The average Bonchev–Trinajstić information content (AvgIpc) is 3.31. The second-order valence-electron chi connectivity index (χ2n) is 11.4. The molecule has 5 rings (SSSR count). The number of imide groups is 1. The first-order valence-corrected chi connectivity index (χ1v) is 14.1. The van der Waals surface area contributed by atoms with E-state index >= 15 is 0 Å². The van der Waals surface area contributed by atoms with Crippen LogP contribution in [0.1, 0.15) is 44.2 Å². The van der Waals surface area contributed by atoms with Crippen molar-refractivity contribution in [2.45, 2.75) is 43.5 Å². The SMILES string of the molecule is CN(C)C(=O)[C@@H](N)CCCCN1C(=O)C2C3(C)C(=O)C(C)(C(c4ccccc4)=C3c3ccccc3)C2(Br)C1=O. The number of halogens is 1. The highest BCUT2D eigenvalue weighted by Crippen LogP contribution is 2.77. The van der Waals surface area contributed by atoms with Crippen LogP contribution in [-0.2, 0) is 19.2 Å². The Labute approximate surface area is 237 Å². The molecule has 5 atom stereocenters. The Balaban J connectivity index is 1.53. The van der Waals surface area contributed by atoms with Gasteiger partial charge in [-0.15, -0.1) is 0 Å². The second kappa shape index (κ2) is 9.52. The van der Waals surface area contributed by atoms with Gasteiger partial charge in [-0.2, -0.15) is 0 Å². The number of likely N-dealkylation sites (N-methyl/N-ethyl adjacent to an activating group) is 1. The van der Waals surface area contributed by atoms with Crippen molar-refractivity contribution >= 4 is 50.6 Å². The second-order valence-corrected chi connectivity index (χ2v) is 12.7. The fraction of sp³-hybridized carbons (Fsp3) is 0.419. The number of nitrogens with two attached hydrogens (primary N) is 1. The molecule has 0 aromatic heterocycles. The van der Waals surface area contributed by atoms with Crippen molar-refractivity contribution in [3.05, 3.63) is 71.8 Å². The third-order valence-electron chi connectivity index (χ3n) is 9.00. The summed E-state index contributed by atoms with van der Waals surface area (Å²) in [5, 5.41) is 0. The Morgan fingerprint density at radius 1 is 0.949 bits per heavy atom. The summed E-state index contributed by atoms with van der Waals surface area (Å²) >= 11 is 3.78. The summed E-state index contributed by atoms with van der Waals surface area (Å²) in [6.45, 7) is 3.87. The number of nitrogens with zero attached hydrogens (tertiary/aromatic N) is 2. The van der Waals surface area contributed by atoms with Crippen molar-refractivity contribution in [2.24, 2.45) is 22.5 Å². The molecule has 2 aromatic rings. The van der Waals surface area contributed by atoms with E-state index in [1.165, 1.54) is 9.80 Å². The van der Waals surface area contributed by atoms with Crippen LogP contribution in [0.4, 0.5) is 0 Å². The van der Waals surface area contributed by atoms with Gasteiger partial charge in [0.05, 0.1) is 22.8 Å². The lowest BCUT2D eigenvalue weighted by molar-refractivity contribution is -0.144. The topological polar surface area (TPSA) is 101 Å². The Kier molecular flexibility index (Phi) is 6.71. The zero-order valence-corrected chi connectivity index (χ0v) is 24.3. The molecule has 8 heteroatoms. The third-order valence-corrected chi connectivity index (χ3v) is 10.6. The van der Waals surface area contributed by atoms with E-state index in [1.807, 2.05) is 74.5 Å². The van der Waals surface area contributed by atoms with Gasteiger partial charge in [0.15, 0.2) is 5.78 Å². The number of Topliss-reactive ketones (excluding diaryl/α,β-unsaturated/α-hetero) is 1. The van der Waals surface area contributed by atoms with Gasteiger partial charge in [-0.25, -0.2) is 0 Å². The summed E-state index contributed by atoms with van der Waals surface area (Å²) in [5.41, 5.74) is 6.93. The number of carbonyl (C=O) groups excluding carboxylic acids is 4. The van der Waals surface area contributed by atoms with E-state index < -0.39 is 27.1 Å². The van der Waals surface area contributed by atoms with Crippen LogP contribution >= 0.6 is 15.9 Å². The Morgan fingerprint density at radius 2 is 1.49 bits per heavy atom. The minimum Gasteiger partial charge on any atom is -0.347 e. The molecule has 0 spiro atoms. The highest BCUT2D eigenvalue weighted by Gasteiger charge is 2.85. The van der Waals surface area contributed by atoms with E-state index in [2.05, 4.69) is 15.9 Å². The summed E-state index contributed by atoms with van der Waals surface area (Å²) in [5.74, 6) is -1.82. The van der Waals surface area contributed by atoms with Crippen LogP contribution < -0.4 is 5.73 Å². The van der Waals surface area contributed by atoms with Crippen molar-refractivity contribution in [1.29, 1.82) is 0 Å². The van der Waals surface area contributed by atoms with Crippen LogP contribution in [0.3, 0.4) is 0 Å². The molecule has 1 saturated carbocycles. The van der Waals surface area contributed by atoms with Gasteiger partial charge in [-0.05, 0) is 55.4 Å². The largest absolute Gasteiger partial charge is 0.347 e. The number of rotatable bonds is 8. The molecule has 2 N–H and O–H groups in total.